The minimum absolute atomic E-state index is 0.0213. The molecule has 0 saturated carbocycles. The summed E-state index contributed by atoms with van der Waals surface area (Å²) in [6, 6.07) is -0.468. The molecule has 0 aromatic carbocycles. The average Bonchev–Trinajstić information content (AvgIpc) is 2.14. The number of anilines is 1. The molecule has 6 nitrogen and oxygen atoms in total. The molecule has 0 aliphatic rings. The Morgan fingerprint density at radius 2 is 1.75 bits per heavy atom. The molecule has 1 amide bonds. The summed E-state index contributed by atoms with van der Waals surface area (Å²) in [7, 11) is 3.32. The summed E-state index contributed by atoms with van der Waals surface area (Å²) >= 11 is 11.2. The second-order valence-corrected chi connectivity index (χ2v) is 3.97. The van der Waals surface area contributed by atoms with E-state index in [2.05, 4.69) is 20.3 Å². The van der Waals surface area contributed by atoms with Gasteiger partial charge < -0.3 is 10.2 Å². The summed E-state index contributed by atoms with van der Waals surface area (Å²) in [5.41, 5.74) is 0. The highest BCUT2D eigenvalue weighted by molar-refractivity contribution is 6.31. The van der Waals surface area contributed by atoms with Gasteiger partial charge in [-0.15, -0.1) is 0 Å². The summed E-state index contributed by atoms with van der Waals surface area (Å²) in [6.07, 6.45) is 0. The first-order chi connectivity index (χ1) is 7.40. The third kappa shape index (κ3) is 3.46. The Bertz CT molecular complexity index is 378. The van der Waals surface area contributed by atoms with Crippen LogP contribution in [0, 0.1) is 0 Å². The van der Waals surface area contributed by atoms with Crippen LogP contribution in [-0.4, -0.2) is 45.9 Å². The largest absolute Gasteiger partial charge is 0.347 e. The summed E-state index contributed by atoms with van der Waals surface area (Å²) in [5, 5.41) is 2.74. The molecule has 1 atom stereocenters. The van der Waals surface area contributed by atoms with E-state index in [1.54, 1.807) is 21.0 Å². The number of nitrogens with one attached hydrogen (secondary N) is 1. The fourth-order valence-corrected chi connectivity index (χ4v) is 1.40. The van der Waals surface area contributed by atoms with Crippen LogP contribution in [0.15, 0.2) is 0 Å². The number of likely N-dealkylation sites (N-methyl/N-ethyl adjacent to an activating group) is 1. The third-order valence-corrected chi connectivity index (χ3v) is 2.08. The summed E-state index contributed by atoms with van der Waals surface area (Å²) < 4.78 is 0. The van der Waals surface area contributed by atoms with Crippen LogP contribution < -0.4 is 5.32 Å². The second kappa shape index (κ2) is 5.27. The maximum atomic E-state index is 11.5. The van der Waals surface area contributed by atoms with E-state index in [-0.39, 0.29) is 22.4 Å². The standard InChI is InChI=1S/C8H11Cl2N5O/c1-4(5(16)15(2)3)11-8-13-6(9)12-7(10)14-8/h4H,1-3H3,(H,11,12,13,14). The van der Waals surface area contributed by atoms with E-state index >= 15 is 0 Å². The topological polar surface area (TPSA) is 71.0 Å². The summed E-state index contributed by atoms with van der Waals surface area (Å²) in [4.78, 5) is 24.2. The van der Waals surface area contributed by atoms with E-state index in [0.29, 0.717) is 0 Å². The van der Waals surface area contributed by atoms with Crippen molar-refractivity contribution in [2.75, 3.05) is 19.4 Å². The number of amides is 1. The Labute approximate surface area is 103 Å². The van der Waals surface area contributed by atoms with Crippen LogP contribution in [0.2, 0.25) is 10.6 Å². The van der Waals surface area contributed by atoms with Gasteiger partial charge in [-0.2, -0.15) is 15.0 Å². The van der Waals surface area contributed by atoms with Crippen molar-refractivity contribution in [1.29, 1.82) is 0 Å². The second-order valence-electron chi connectivity index (χ2n) is 3.30. The van der Waals surface area contributed by atoms with Crippen molar-refractivity contribution in [3.05, 3.63) is 10.6 Å². The molecule has 1 unspecified atom stereocenters. The molecule has 0 aliphatic carbocycles. The van der Waals surface area contributed by atoms with E-state index in [1.807, 2.05) is 0 Å². The molecule has 0 saturated heterocycles. The van der Waals surface area contributed by atoms with Crippen molar-refractivity contribution < 1.29 is 4.79 Å². The predicted octanol–water partition coefficient (Wildman–Crippen LogP) is 1.07. The van der Waals surface area contributed by atoms with Crippen molar-refractivity contribution in [3.8, 4) is 0 Å². The van der Waals surface area contributed by atoms with Gasteiger partial charge in [0, 0.05) is 14.1 Å². The lowest BCUT2D eigenvalue weighted by molar-refractivity contribution is -0.129. The Balaban J connectivity index is 2.76. The molecule has 1 N–H and O–H groups in total. The van der Waals surface area contributed by atoms with Crippen LogP contribution in [0.3, 0.4) is 0 Å². The van der Waals surface area contributed by atoms with E-state index in [1.165, 1.54) is 4.90 Å². The molecule has 1 aromatic rings. The van der Waals surface area contributed by atoms with Gasteiger partial charge in [0.2, 0.25) is 22.4 Å². The maximum Gasteiger partial charge on any atom is 0.244 e. The lowest BCUT2D eigenvalue weighted by Crippen LogP contribution is -2.37. The van der Waals surface area contributed by atoms with Crippen LogP contribution in [0.25, 0.3) is 0 Å². The molecule has 0 aliphatic heterocycles. The third-order valence-electron chi connectivity index (χ3n) is 1.74. The molecule has 88 valence electrons. The lowest BCUT2D eigenvalue weighted by atomic mass is 10.3. The normalized spacial score (nSPS) is 12.1. The van der Waals surface area contributed by atoms with Crippen LogP contribution in [0.5, 0.6) is 0 Å². The van der Waals surface area contributed by atoms with Gasteiger partial charge >= 0.3 is 0 Å². The van der Waals surface area contributed by atoms with E-state index in [0.717, 1.165) is 0 Å². The summed E-state index contributed by atoms with van der Waals surface area (Å²) in [6.45, 7) is 1.69. The van der Waals surface area contributed by atoms with Crippen molar-refractivity contribution in [1.82, 2.24) is 19.9 Å². The van der Waals surface area contributed by atoms with E-state index in [4.69, 9.17) is 23.2 Å². The number of rotatable bonds is 3. The molecular weight excluding hydrogens is 253 g/mol. The van der Waals surface area contributed by atoms with Crippen LogP contribution in [-0.2, 0) is 4.79 Å². The highest BCUT2D eigenvalue weighted by Gasteiger charge is 2.16. The quantitative estimate of drug-likeness (QED) is 0.884. The minimum atomic E-state index is -0.468. The van der Waals surface area contributed by atoms with Gasteiger partial charge in [0.25, 0.3) is 0 Å². The van der Waals surface area contributed by atoms with Crippen LogP contribution >= 0.6 is 23.2 Å². The number of carbonyl (C=O) groups is 1. The van der Waals surface area contributed by atoms with Gasteiger partial charge in [0.15, 0.2) is 0 Å². The molecule has 1 heterocycles. The number of halogens is 2. The van der Waals surface area contributed by atoms with Crippen molar-refractivity contribution >= 4 is 35.1 Å². The highest BCUT2D eigenvalue weighted by Crippen LogP contribution is 2.10. The molecular formula is C8H11Cl2N5O. The van der Waals surface area contributed by atoms with Crippen LogP contribution in [0.4, 0.5) is 5.95 Å². The zero-order valence-corrected chi connectivity index (χ0v) is 10.5. The van der Waals surface area contributed by atoms with Gasteiger partial charge in [0.05, 0.1) is 0 Å². The van der Waals surface area contributed by atoms with Crippen molar-refractivity contribution in [3.63, 3.8) is 0 Å². The number of hydrogen-bond donors (Lipinski definition) is 1. The monoisotopic (exact) mass is 263 g/mol. The molecule has 16 heavy (non-hydrogen) atoms. The fraction of sp³-hybridized carbons (Fsp3) is 0.500. The Kier molecular flexibility index (Phi) is 4.26. The number of nitrogens with zero attached hydrogens (tertiary/aromatic N) is 4. The highest BCUT2D eigenvalue weighted by atomic mass is 35.5. The lowest BCUT2D eigenvalue weighted by Gasteiger charge is -2.17. The predicted molar refractivity (Wildman–Crippen MR) is 61.6 cm³/mol. The van der Waals surface area contributed by atoms with Crippen molar-refractivity contribution in [2.45, 2.75) is 13.0 Å². The molecule has 0 bridgehead atoms. The Morgan fingerprint density at radius 3 is 2.19 bits per heavy atom. The number of hydrogen-bond acceptors (Lipinski definition) is 5. The van der Waals surface area contributed by atoms with Gasteiger partial charge in [-0.1, -0.05) is 0 Å². The molecule has 8 heteroatoms. The number of carbonyl (C=O) groups excluding carboxylic acids is 1. The van der Waals surface area contributed by atoms with Crippen LogP contribution in [0.1, 0.15) is 6.92 Å². The van der Waals surface area contributed by atoms with Gasteiger partial charge in [0.1, 0.15) is 6.04 Å². The zero-order chi connectivity index (χ0) is 12.3. The zero-order valence-electron chi connectivity index (χ0n) is 9.03. The molecule has 0 radical (unpaired) electrons. The molecule has 1 rings (SSSR count). The Morgan fingerprint density at radius 1 is 1.25 bits per heavy atom. The fourth-order valence-electron chi connectivity index (χ4n) is 1.03. The smallest absolute Gasteiger partial charge is 0.244 e. The Hall–Kier alpha value is -1.14. The first-order valence-corrected chi connectivity index (χ1v) is 5.20. The average molecular weight is 264 g/mol. The maximum absolute atomic E-state index is 11.5. The molecule has 0 fully saturated rings. The van der Waals surface area contributed by atoms with E-state index < -0.39 is 6.04 Å². The summed E-state index contributed by atoms with van der Waals surface area (Å²) in [5.74, 6) is 0.0698. The van der Waals surface area contributed by atoms with E-state index in [9.17, 15) is 4.79 Å². The van der Waals surface area contributed by atoms with Gasteiger partial charge in [-0.3, -0.25) is 4.79 Å². The van der Waals surface area contributed by atoms with Crippen molar-refractivity contribution in [2.24, 2.45) is 0 Å². The first-order valence-electron chi connectivity index (χ1n) is 4.45. The molecule has 0 spiro atoms. The number of aromatic nitrogens is 3. The van der Waals surface area contributed by atoms with Gasteiger partial charge in [-0.05, 0) is 30.1 Å². The van der Waals surface area contributed by atoms with Gasteiger partial charge in [-0.25, -0.2) is 0 Å². The minimum Gasteiger partial charge on any atom is -0.347 e. The molecule has 1 aromatic heterocycles. The first kappa shape index (κ1) is 12.9. The SMILES string of the molecule is CC(Nc1nc(Cl)nc(Cl)n1)C(=O)N(C)C.